The van der Waals surface area contributed by atoms with E-state index < -0.39 is 0 Å². The quantitative estimate of drug-likeness (QED) is 0.865. The Labute approximate surface area is 97.2 Å². The minimum Gasteiger partial charge on any atom is -0.339 e. The first-order valence-corrected chi connectivity index (χ1v) is 5.67. The average molecular weight is 233 g/mol. The van der Waals surface area contributed by atoms with E-state index in [-0.39, 0.29) is 6.03 Å². The molecule has 16 heavy (non-hydrogen) atoms. The molecule has 0 unspecified atom stereocenters. The van der Waals surface area contributed by atoms with Crippen molar-refractivity contribution in [2.24, 2.45) is 0 Å². The van der Waals surface area contributed by atoms with Crippen molar-refractivity contribution in [3.05, 3.63) is 40.3 Å². The van der Waals surface area contributed by atoms with Gasteiger partial charge < -0.3 is 5.32 Å². The second-order valence-corrected chi connectivity index (χ2v) is 4.05. The van der Waals surface area contributed by atoms with Gasteiger partial charge >= 0.3 is 6.03 Å². The Morgan fingerprint density at radius 2 is 2.38 bits per heavy atom. The Kier molecular flexibility index (Phi) is 3.16. The normalized spacial score (nSPS) is 10.8. The van der Waals surface area contributed by atoms with Crippen molar-refractivity contribution in [3.63, 3.8) is 0 Å². The van der Waals surface area contributed by atoms with Crippen molar-refractivity contribution >= 4 is 29.5 Å². The Morgan fingerprint density at radius 3 is 3.06 bits per heavy atom. The van der Waals surface area contributed by atoms with Crippen LogP contribution in [0.5, 0.6) is 0 Å². The molecule has 5 heteroatoms. The summed E-state index contributed by atoms with van der Waals surface area (Å²) in [5.41, 5.74) is 0.757. The summed E-state index contributed by atoms with van der Waals surface area (Å²) in [6.07, 6.45) is 5.43. The highest BCUT2D eigenvalue weighted by molar-refractivity contribution is 7.10. The van der Waals surface area contributed by atoms with Gasteiger partial charge in [-0.25, -0.2) is 4.79 Å². The van der Waals surface area contributed by atoms with Crippen LogP contribution < -0.4 is 5.32 Å². The largest absolute Gasteiger partial charge is 0.342 e. The van der Waals surface area contributed by atoms with Gasteiger partial charge in [0.1, 0.15) is 0 Å². The van der Waals surface area contributed by atoms with Crippen LogP contribution in [0.4, 0.5) is 4.79 Å². The number of aromatic nitrogens is 2. The summed E-state index contributed by atoms with van der Waals surface area (Å²) in [4.78, 5) is 12.6. The van der Waals surface area contributed by atoms with Gasteiger partial charge in [-0.05, 0) is 29.7 Å². The van der Waals surface area contributed by atoms with Crippen molar-refractivity contribution in [2.75, 3.05) is 7.05 Å². The molecule has 0 aliphatic heterocycles. The summed E-state index contributed by atoms with van der Waals surface area (Å²) in [6.45, 7) is 0. The van der Waals surface area contributed by atoms with E-state index >= 15 is 0 Å². The Bertz CT molecular complexity index is 499. The maximum absolute atomic E-state index is 11.4. The number of carbonyl (C=O) groups is 1. The van der Waals surface area contributed by atoms with Crippen molar-refractivity contribution in [2.45, 2.75) is 0 Å². The summed E-state index contributed by atoms with van der Waals surface area (Å²) < 4.78 is 1.32. The van der Waals surface area contributed by atoms with Crippen LogP contribution in [0, 0.1) is 0 Å². The van der Waals surface area contributed by atoms with Crippen LogP contribution in [0.25, 0.3) is 12.2 Å². The molecule has 0 fully saturated rings. The fourth-order valence-electron chi connectivity index (χ4n) is 1.27. The van der Waals surface area contributed by atoms with E-state index in [1.807, 2.05) is 29.7 Å². The third-order valence-electron chi connectivity index (χ3n) is 2.04. The van der Waals surface area contributed by atoms with Crippen LogP contribution >= 0.6 is 11.3 Å². The van der Waals surface area contributed by atoms with Gasteiger partial charge in [-0.3, -0.25) is 0 Å². The molecule has 1 N–H and O–H groups in total. The maximum atomic E-state index is 11.4. The summed E-state index contributed by atoms with van der Waals surface area (Å²) in [5, 5.41) is 8.48. The molecule has 0 aliphatic carbocycles. The molecule has 82 valence electrons. The zero-order valence-corrected chi connectivity index (χ0v) is 9.57. The average Bonchev–Trinajstić information content (AvgIpc) is 2.96. The van der Waals surface area contributed by atoms with Gasteiger partial charge in [-0.2, -0.15) is 9.78 Å². The van der Waals surface area contributed by atoms with Crippen molar-refractivity contribution < 1.29 is 4.79 Å². The minimum atomic E-state index is -0.240. The first kappa shape index (κ1) is 10.6. The molecule has 0 aromatic carbocycles. The third-order valence-corrected chi connectivity index (χ3v) is 2.88. The lowest BCUT2D eigenvalue weighted by Gasteiger charge is -2.00. The van der Waals surface area contributed by atoms with Gasteiger partial charge in [-0.1, -0.05) is 6.07 Å². The van der Waals surface area contributed by atoms with E-state index in [0.29, 0.717) is 0 Å². The predicted molar refractivity (Wildman–Crippen MR) is 65.3 cm³/mol. The molecule has 4 nitrogen and oxygen atoms in total. The van der Waals surface area contributed by atoms with Gasteiger partial charge in [0.05, 0.1) is 11.9 Å². The lowest BCUT2D eigenvalue weighted by Crippen LogP contribution is -2.26. The number of carbonyl (C=O) groups excluding carboxylic acids is 1. The second-order valence-electron chi connectivity index (χ2n) is 3.07. The van der Waals surface area contributed by atoms with Crippen molar-refractivity contribution in [1.29, 1.82) is 0 Å². The number of amides is 1. The minimum absolute atomic E-state index is 0.240. The van der Waals surface area contributed by atoms with Crippen molar-refractivity contribution in [3.8, 4) is 0 Å². The molecule has 0 radical (unpaired) electrons. The molecule has 0 atom stereocenters. The van der Waals surface area contributed by atoms with E-state index in [4.69, 9.17) is 0 Å². The van der Waals surface area contributed by atoms with Crippen LogP contribution in [0.3, 0.4) is 0 Å². The van der Waals surface area contributed by atoms with E-state index in [9.17, 15) is 4.79 Å². The molecule has 1 amide bonds. The number of rotatable bonds is 2. The highest BCUT2D eigenvalue weighted by atomic mass is 32.1. The third kappa shape index (κ3) is 2.20. The zero-order valence-electron chi connectivity index (χ0n) is 8.75. The van der Waals surface area contributed by atoms with Gasteiger partial charge in [0.2, 0.25) is 0 Å². The Balaban J connectivity index is 2.22. The molecular formula is C11H11N3OS. The van der Waals surface area contributed by atoms with Gasteiger partial charge in [0.15, 0.2) is 0 Å². The van der Waals surface area contributed by atoms with Crippen LogP contribution in [-0.4, -0.2) is 22.9 Å². The molecule has 2 heterocycles. The van der Waals surface area contributed by atoms with Gasteiger partial charge in [0, 0.05) is 11.9 Å². The fraction of sp³-hybridized carbons (Fsp3) is 0.0909. The standard InChI is InChI=1S/C11H11N3OS/c1-12-11(15)14-9(6-7-13-14)4-5-10-3-2-8-16-10/h2-8H,1H3,(H,12,15). The number of thiophene rings is 1. The Morgan fingerprint density at radius 1 is 1.50 bits per heavy atom. The maximum Gasteiger partial charge on any atom is 0.342 e. The lowest BCUT2D eigenvalue weighted by molar-refractivity contribution is 0.241. The van der Waals surface area contributed by atoms with E-state index in [1.165, 1.54) is 4.68 Å². The Hall–Kier alpha value is -1.88. The molecular weight excluding hydrogens is 222 g/mol. The van der Waals surface area contributed by atoms with Crippen LogP contribution in [0.1, 0.15) is 10.6 Å². The first-order chi connectivity index (χ1) is 7.81. The second kappa shape index (κ2) is 4.76. The van der Waals surface area contributed by atoms with Gasteiger partial charge in [-0.15, -0.1) is 11.3 Å². The van der Waals surface area contributed by atoms with E-state index in [1.54, 1.807) is 30.6 Å². The number of hydrogen-bond acceptors (Lipinski definition) is 3. The smallest absolute Gasteiger partial charge is 0.339 e. The molecule has 0 saturated heterocycles. The van der Waals surface area contributed by atoms with E-state index in [2.05, 4.69) is 10.4 Å². The molecule has 2 rings (SSSR count). The monoisotopic (exact) mass is 233 g/mol. The highest BCUT2D eigenvalue weighted by Gasteiger charge is 2.05. The van der Waals surface area contributed by atoms with Crippen molar-refractivity contribution in [1.82, 2.24) is 15.1 Å². The molecule has 0 bridgehead atoms. The van der Waals surface area contributed by atoms with Crippen LogP contribution in [-0.2, 0) is 0 Å². The number of nitrogens with one attached hydrogen (secondary N) is 1. The summed E-state index contributed by atoms with van der Waals surface area (Å²) in [7, 11) is 1.58. The highest BCUT2D eigenvalue weighted by Crippen LogP contribution is 2.13. The predicted octanol–water partition coefficient (Wildman–Crippen LogP) is 2.30. The van der Waals surface area contributed by atoms with Crippen LogP contribution in [0.2, 0.25) is 0 Å². The molecule has 0 aliphatic rings. The number of nitrogens with zero attached hydrogens (tertiary/aromatic N) is 2. The van der Waals surface area contributed by atoms with Crippen LogP contribution in [0.15, 0.2) is 29.8 Å². The van der Waals surface area contributed by atoms with Gasteiger partial charge in [0.25, 0.3) is 0 Å². The SMILES string of the molecule is CNC(=O)n1nccc1C=Cc1cccs1. The summed E-state index contributed by atoms with van der Waals surface area (Å²) >= 11 is 1.65. The molecule has 0 spiro atoms. The number of hydrogen-bond donors (Lipinski definition) is 1. The molecule has 2 aromatic rings. The fourth-order valence-corrected chi connectivity index (χ4v) is 1.89. The zero-order chi connectivity index (χ0) is 11.4. The first-order valence-electron chi connectivity index (χ1n) is 4.79. The topological polar surface area (TPSA) is 46.9 Å². The lowest BCUT2D eigenvalue weighted by atomic mass is 10.3. The van der Waals surface area contributed by atoms with E-state index in [0.717, 1.165) is 10.6 Å². The molecule has 0 saturated carbocycles. The summed E-state index contributed by atoms with van der Waals surface area (Å²) in [5.74, 6) is 0. The summed E-state index contributed by atoms with van der Waals surface area (Å²) in [6, 6.07) is 5.55. The molecule has 2 aromatic heterocycles.